The lowest BCUT2D eigenvalue weighted by atomic mass is 9.85. The van der Waals surface area contributed by atoms with Crippen molar-refractivity contribution in [3.05, 3.63) is 29.6 Å². The first-order valence-electron chi connectivity index (χ1n) is 5.46. The van der Waals surface area contributed by atoms with Gasteiger partial charge in [-0.3, -0.25) is 4.98 Å². The zero-order valence-electron chi connectivity index (χ0n) is 8.79. The lowest BCUT2D eigenvalue weighted by Crippen LogP contribution is -2.26. The zero-order valence-corrected chi connectivity index (χ0v) is 8.79. The summed E-state index contributed by atoms with van der Waals surface area (Å²) in [5.41, 5.74) is 2.54. The Labute approximate surface area is 85.7 Å². The van der Waals surface area contributed by atoms with Crippen molar-refractivity contribution in [2.75, 3.05) is 6.54 Å². The van der Waals surface area contributed by atoms with Crippen LogP contribution < -0.4 is 5.32 Å². The Morgan fingerprint density at radius 1 is 1.43 bits per heavy atom. The topological polar surface area (TPSA) is 24.9 Å². The normalized spacial score (nSPS) is 16.6. The minimum absolute atomic E-state index is 0.938. The third-order valence-electron chi connectivity index (χ3n) is 2.92. The smallest absolute Gasteiger partial charge is 0.0313 e. The maximum absolute atomic E-state index is 4.18. The molecule has 1 aliphatic carbocycles. The fraction of sp³-hybridized carbons (Fsp3) is 0.583. The van der Waals surface area contributed by atoms with Crippen LogP contribution in [-0.4, -0.2) is 11.5 Å². The minimum Gasteiger partial charge on any atom is -0.312 e. The van der Waals surface area contributed by atoms with Crippen LogP contribution in [0.3, 0.4) is 0 Å². The number of rotatable bonds is 4. The van der Waals surface area contributed by atoms with Crippen molar-refractivity contribution in [3.8, 4) is 0 Å². The summed E-state index contributed by atoms with van der Waals surface area (Å²) in [5, 5.41) is 3.49. The Bertz CT molecular complexity index is 292. The molecule has 2 heteroatoms. The van der Waals surface area contributed by atoms with Gasteiger partial charge in [-0.25, -0.2) is 0 Å². The van der Waals surface area contributed by atoms with Crippen molar-refractivity contribution in [2.45, 2.75) is 32.7 Å². The first kappa shape index (κ1) is 9.66. The molecular formula is C12H18N2. The number of pyridine rings is 1. The molecule has 0 bridgehead atoms. The molecule has 2 nitrogen and oxygen atoms in total. The summed E-state index contributed by atoms with van der Waals surface area (Å²) in [7, 11) is 0. The van der Waals surface area contributed by atoms with Gasteiger partial charge in [-0.2, -0.15) is 0 Å². The van der Waals surface area contributed by atoms with Crippen LogP contribution in [0.5, 0.6) is 0 Å². The van der Waals surface area contributed by atoms with E-state index in [1.165, 1.54) is 36.9 Å². The van der Waals surface area contributed by atoms with E-state index in [1.54, 1.807) is 0 Å². The highest BCUT2D eigenvalue weighted by Gasteiger charge is 2.16. The molecule has 1 aliphatic rings. The molecule has 0 spiro atoms. The van der Waals surface area contributed by atoms with E-state index in [-0.39, 0.29) is 0 Å². The van der Waals surface area contributed by atoms with Crippen molar-refractivity contribution >= 4 is 0 Å². The average molecular weight is 190 g/mol. The van der Waals surface area contributed by atoms with Gasteiger partial charge in [0.15, 0.2) is 0 Å². The summed E-state index contributed by atoms with van der Waals surface area (Å²) in [4.78, 5) is 4.18. The molecule has 2 rings (SSSR count). The molecule has 1 aromatic heterocycles. The Kier molecular flexibility index (Phi) is 3.14. The van der Waals surface area contributed by atoms with E-state index >= 15 is 0 Å². The summed E-state index contributed by atoms with van der Waals surface area (Å²) >= 11 is 0. The molecule has 0 aliphatic heterocycles. The third-order valence-corrected chi connectivity index (χ3v) is 2.92. The van der Waals surface area contributed by atoms with E-state index in [4.69, 9.17) is 0 Å². The van der Waals surface area contributed by atoms with Gasteiger partial charge in [-0.1, -0.05) is 12.5 Å². The zero-order chi connectivity index (χ0) is 9.80. The number of nitrogens with zero attached hydrogens (tertiary/aromatic N) is 1. The van der Waals surface area contributed by atoms with Crippen LogP contribution in [0.25, 0.3) is 0 Å². The molecule has 1 heterocycles. The van der Waals surface area contributed by atoms with Crippen LogP contribution in [0.15, 0.2) is 18.5 Å². The van der Waals surface area contributed by atoms with E-state index in [1.807, 2.05) is 12.4 Å². The van der Waals surface area contributed by atoms with E-state index in [9.17, 15) is 0 Å². The van der Waals surface area contributed by atoms with Crippen LogP contribution in [0.4, 0.5) is 0 Å². The molecule has 0 aromatic carbocycles. The maximum atomic E-state index is 4.18. The second kappa shape index (κ2) is 4.56. The van der Waals surface area contributed by atoms with Crippen molar-refractivity contribution in [1.82, 2.24) is 10.3 Å². The van der Waals surface area contributed by atoms with Crippen LogP contribution in [0.1, 0.15) is 30.4 Å². The SMILES string of the molecule is Cc1cncc(CNCC2CCC2)c1. The molecule has 0 atom stereocenters. The monoisotopic (exact) mass is 190 g/mol. The number of aromatic nitrogens is 1. The molecule has 1 N–H and O–H groups in total. The summed E-state index contributed by atoms with van der Waals surface area (Å²) in [5.74, 6) is 0.938. The van der Waals surface area contributed by atoms with Gasteiger partial charge < -0.3 is 5.32 Å². The summed E-state index contributed by atoms with van der Waals surface area (Å²) in [6.45, 7) is 4.22. The lowest BCUT2D eigenvalue weighted by Gasteiger charge is -2.25. The van der Waals surface area contributed by atoms with Crippen molar-refractivity contribution in [2.24, 2.45) is 5.92 Å². The highest BCUT2D eigenvalue weighted by Crippen LogP contribution is 2.25. The fourth-order valence-corrected chi connectivity index (χ4v) is 1.83. The molecule has 14 heavy (non-hydrogen) atoms. The van der Waals surface area contributed by atoms with Crippen LogP contribution in [0, 0.1) is 12.8 Å². The molecular weight excluding hydrogens is 172 g/mol. The Morgan fingerprint density at radius 3 is 2.93 bits per heavy atom. The molecule has 1 saturated carbocycles. The van der Waals surface area contributed by atoms with Crippen LogP contribution in [-0.2, 0) is 6.54 Å². The van der Waals surface area contributed by atoms with Crippen LogP contribution in [0.2, 0.25) is 0 Å². The fourth-order valence-electron chi connectivity index (χ4n) is 1.83. The Morgan fingerprint density at radius 2 is 2.29 bits per heavy atom. The molecule has 76 valence electrons. The number of hydrogen-bond acceptors (Lipinski definition) is 2. The summed E-state index contributed by atoms with van der Waals surface area (Å²) in [6.07, 6.45) is 8.10. The second-order valence-corrected chi connectivity index (χ2v) is 4.30. The third kappa shape index (κ3) is 2.55. The maximum Gasteiger partial charge on any atom is 0.0313 e. The van der Waals surface area contributed by atoms with Gasteiger partial charge in [-0.05, 0) is 43.4 Å². The molecule has 0 radical (unpaired) electrons. The van der Waals surface area contributed by atoms with E-state index in [2.05, 4.69) is 23.3 Å². The molecule has 0 unspecified atom stereocenters. The van der Waals surface area contributed by atoms with Gasteiger partial charge in [0.25, 0.3) is 0 Å². The average Bonchev–Trinajstić information content (AvgIpc) is 2.09. The predicted molar refractivity (Wildman–Crippen MR) is 58.0 cm³/mol. The highest BCUT2D eigenvalue weighted by molar-refractivity contribution is 5.16. The largest absolute Gasteiger partial charge is 0.312 e. The Hall–Kier alpha value is -0.890. The number of aryl methyl sites for hydroxylation is 1. The van der Waals surface area contributed by atoms with Gasteiger partial charge in [0, 0.05) is 18.9 Å². The second-order valence-electron chi connectivity index (χ2n) is 4.30. The van der Waals surface area contributed by atoms with Crippen LogP contribution >= 0.6 is 0 Å². The molecule has 1 aromatic rings. The molecule has 0 saturated heterocycles. The lowest BCUT2D eigenvalue weighted by molar-refractivity contribution is 0.301. The van der Waals surface area contributed by atoms with E-state index in [0.717, 1.165) is 12.5 Å². The predicted octanol–water partition coefficient (Wildman–Crippen LogP) is 2.28. The minimum atomic E-state index is 0.938. The van der Waals surface area contributed by atoms with Gasteiger partial charge in [0.05, 0.1) is 0 Å². The standard InChI is InChI=1S/C12H18N2/c1-10-5-12(8-13-6-10)9-14-7-11-3-2-4-11/h5-6,8,11,14H,2-4,7,9H2,1H3. The van der Waals surface area contributed by atoms with Gasteiger partial charge in [0.2, 0.25) is 0 Å². The molecule has 0 amide bonds. The number of hydrogen-bond donors (Lipinski definition) is 1. The van der Waals surface area contributed by atoms with E-state index in [0.29, 0.717) is 0 Å². The van der Waals surface area contributed by atoms with Gasteiger partial charge in [0.1, 0.15) is 0 Å². The highest BCUT2D eigenvalue weighted by atomic mass is 14.9. The molecule has 1 fully saturated rings. The van der Waals surface area contributed by atoms with Gasteiger partial charge in [-0.15, -0.1) is 0 Å². The Balaban J connectivity index is 1.74. The van der Waals surface area contributed by atoms with Gasteiger partial charge >= 0.3 is 0 Å². The summed E-state index contributed by atoms with van der Waals surface area (Å²) < 4.78 is 0. The van der Waals surface area contributed by atoms with Crippen molar-refractivity contribution in [3.63, 3.8) is 0 Å². The van der Waals surface area contributed by atoms with Crippen molar-refractivity contribution < 1.29 is 0 Å². The number of nitrogens with one attached hydrogen (secondary N) is 1. The summed E-state index contributed by atoms with van der Waals surface area (Å²) in [6, 6.07) is 2.20. The first-order chi connectivity index (χ1) is 6.84. The first-order valence-corrected chi connectivity index (χ1v) is 5.46. The van der Waals surface area contributed by atoms with Crippen molar-refractivity contribution in [1.29, 1.82) is 0 Å². The quantitative estimate of drug-likeness (QED) is 0.788. The van der Waals surface area contributed by atoms with E-state index < -0.39 is 0 Å².